The summed E-state index contributed by atoms with van der Waals surface area (Å²) in [6.45, 7) is 10.2. The summed E-state index contributed by atoms with van der Waals surface area (Å²) in [4.78, 5) is 19.8. The zero-order valence-corrected chi connectivity index (χ0v) is 19.5. The molecule has 1 aliphatic heterocycles. The Morgan fingerprint density at radius 3 is 2.61 bits per heavy atom. The molecule has 4 heterocycles. The van der Waals surface area contributed by atoms with E-state index in [0.717, 1.165) is 60.1 Å². The second-order valence-corrected chi connectivity index (χ2v) is 9.49. The number of likely N-dealkylation sites (tertiary alicyclic amines) is 1. The second kappa shape index (κ2) is 7.88. The number of aromatic amines is 1. The van der Waals surface area contributed by atoms with Crippen molar-refractivity contribution in [2.75, 3.05) is 25.9 Å². The number of H-pyrrole nitrogens is 1. The highest BCUT2D eigenvalue weighted by Crippen LogP contribution is 2.45. The lowest BCUT2D eigenvalue weighted by Crippen LogP contribution is -2.44. The summed E-state index contributed by atoms with van der Waals surface area (Å²) < 4.78 is 2.00. The van der Waals surface area contributed by atoms with Crippen LogP contribution in [-0.4, -0.2) is 50.7 Å². The lowest BCUT2D eigenvalue weighted by molar-refractivity contribution is 0.100. The minimum atomic E-state index is -0.550. The van der Waals surface area contributed by atoms with Gasteiger partial charge in [-0.3, -0.25) is 19.4 Å². The van der Waals surface area contributed by atoms with Gasteiger partial charge in [0.25, 0.3) is 5.91 Å². The largest absolute Gasteiger partial charge is 0.384 e. The Balaban J connectivity index is 1.91. The lowest BCUT2D eigenvalue weighted by atomic mass is 9.90. The molecular formula is C25H31N7O. The van der Waals surface area contributed by atoms with Crippen LogP contribution in [0.5, 0.6) is 0 Å². The molecule has 1 saturated carbocycles. The smallest absolute Gasteiger partial charge is 0.253 e. The number of nitrogens with two attached hydrogens (primary N) is 2. The van der Waals surface area contributed by atoms with Crippen molar-refractivity contribution in [2.45, 2.75) is 39.0 Å². The number of allylic oxidation sites excluding steroid dienone is 2. The number of anilines is 1. The van der Waals surface area contributed by atoms with Crippen LogP contribution < -0.4 is 22.0 Å². The molecule has 1 aliphatic carbocycles. The number of hydrogen-bond donors (Lipinski definition) is 3. The number of amides is 1. The molecule has 3 aromatic rings. The summed E-state index contributed by atoms with van der Waals surface area (Å²) >= 11 is 0. The second-order valence-electron chi connectivity index (χ2n) is 9.49. The van der Waals surface area contributed by atoms with E-state index in [2.05, 4.69) is 28.7 Å². The van der Waals surface area contributed by atoms with Crippen molar-refractivity contribution in [1.82, 2.24) is 24.6 Å². The maximum absolute atomic E-state index is 12.6. The molecule has 0 bridgehead atoms. The van der Waals surface area contributed by atoms with Crippen molar-refractivity contribution in [3.8, 4) is 0 Å². The number of primary amides is 1. The van der Waals surface area contributed by atoms with Crippen molar-refractivity contribution in [2.24, 2.45) is 11.7 Å². The third kappa shape index (κ3) is 3.45. The fourth-order valence-electron chi connectivity index (χ4n) is 5.18. The Morgan fingerprint density at radius 1 is 1.33 bits per heavy atom. The Hall–Kier alpha value is -3.39. The molecular weight excluding hydrogens is 414 g/mol. The number of aromatic nitrogens is 4. The first kappa shape index (κ1) is 21.5. The molecule has 0 unspecified atom stereocenters. The van der Waals surface area contributed by atoms with Crippen LogP contribution in [0.15, 0.2) is 24.0 Å². The van der Waals surface area contributed by atoms with Crippen LogP contribution in [-0.2, 0) is 6.42 Å². The third-order valence-corrected chi connectivity index (χ3v) is 7.02. The molecule has 2 fully saturated rings. The van der Waals surface area contributed by atoms with Crippen molar-refractivity contribution < 1.29 is 4.79 Å². The molecule has 1 amide bonds. The van der Waals surface area contributed by atoms with Gasteiger partial charge in [-0.25, -0.2) is 0 Å². The van der Waals surface area contributed by atoms with E-state index in [-0.39, 0.29) is 0 Å². The number of carbonyl (C=O) groups is 1. The molecule has 0 aromatic carbocycles. The maximum atomic E-state index is 12.6. The van der Waals surface area contributed by atoms with Gasteiger partial charge in [0.2, 0.25) is 0 Å². The standard InChI is InChI=1S/C25H31N7O/c1-5-13(2)22(18-10-29-30-14(18)3)32-23-17(8-15-11-31(4)12-15)21(16-6-7-16)28-9-19(23)20(24(32)26)25(27)33/h5,9-10,15-16,30H,3,6-8,11-12,26H2,1-2,4H3,(H2,27,33)/b13-5-,22-18+. The predicted octanol–water partition coefficient (Wildman–Crippen LogP) is 1.45. The van der Waals surface area contributed by atoms with E-state index in [9.17, 15) is 4.79 Å². The van der Waals surface area contributed by atoms with E-state index in [1.165, 1.54) is 5.56 Å². The molecule has 2 aliphatic rings. The number of pyridine rings is 1. The van der Waals surface area contributed by atoms with Crippen molar-refractivity contribution in [1.29, 1.82) is 0 Å². The molecule has 0 atom stereocenters. The Bertz CT molecular complexity index is 1400. The van der Waals surface area contributed by atoms with Gasteiger partial charge in [0, 0.05) is 41.5 Å². The highest BCUT2D eigenvalue weighted by atomic mass is 16.1. The number of nitrogens with one attached hydrogen (secondary N) is 1. The lowest BCUT2D eigenvalue weighted by Gasteiger charge is -2.36. The summed E-state index contributed by atoms with van der Waals surface area (Å²) in [5.74, 6) is 0.791. The molecule has 5 N–H and O–H groups in total. The molecule has 33 heavy (non-hydrogen) atoms. The van der Waals surface area contributed by atoms with Crippen LogP contribution in [0.1, 0.15) is 54.2 Å². The van der Waals surface area contributed by atoms with Gasteiger partial charge in [-0.15, -0.1) is 0 Å². The van der Waals surface area contributed by atoms with E-state index in [1.54, 1.807) is 12.4 Å². The average molecular weight is 446 g/mol. The minimum Gasteiger partial charge on any atom is -0.384 e. The summed E-state index contributed by atoms with van der Waals surface area (Å²) in [6.07, 6.45) is 8.75. The molecule has 3 aromatic heterocycles. The summed E-state index contributed by atoms with van der Waals surface area (Å²) in [5, 5.41) is 9.36. The highest BCUT2D eigenvalue weighted by molar-refractivity contribution is 6.13. The number of rotatable bonds is 6. The van der Waals surface area contributed by atoms with Gasteiger partial charge in [-0.05, 0) is 57.2 Å². The van der Waals surface area contributed by atoms with Crippen LogP contribution in [0.25, 0.3) is 23.2 Å². The Labute approximate surface area is 192 Å². The molecule has 8 heteroatoms. The van der Waals surface area contributed by atoms with E-state index >= 15 is 0 Å². The summed E-state index contributed by atoms with van der Waals surface area (Å²) in [7, 11) is 2.14. The first-order valence-corrected chi connectivity index (χ1v) is 11.5. The predicted molar refractivity (Wildman–Crippen MR) is 131 cm³/mol. The molecule has 1 saturated heterocycles. The van der Waals surface area contributed by atoms with Crippen LogP contribution in [0.3, 0.4) is 0 Å². The summed E-state index contributed by atoms with van der Waals surface area (Å²) in [6, 6.07) is 0. The number of hydrogen-bond acceptors (Lipinski definition) is 5. The third-order valence-electron chi connectivity index (χ3n) is 7.02. The number of fused-ring (bicyclic) bond motifs is 1. The van der Waals surface area contributed by atoms with Crippen molar-refractivity contribution in [3.05, 3.63) is 51.4 Å². The molecule has 8 nitrogen and oxygen atoms in total. The number of nitrogen functional groups attached to an aromatic ring is 1. The zero-order valence-electron chi connectivity index (χ0n) is 19.5. The van der Waals surface area contributed by atoms with Crippen molar-refractivity contribution >= 4 is 34.9 Å². The average Bonchev–Trinajstić information content (AvgIpc) is 3.44. The molecule has 0 radical (unpaired) electrons. The fraction of sp³-hybridized carbons (Fsp3) is 0.400. The molecule has 5 rings (SSSR count). The first-order valence-electron chi connectivity index (χ1n) is 11.5. The minimum absolute atomic E-state index is 0.322. The Kier molecular flexibility index (Phi) is 5.12. The normalized spacial score (nSPS) is 18.6. The zero-order chi connectivity index (χ0) is 23.4. The van der Waals surface area contributed by atoms with E-state index in [4.69, 9.17) is 16.5 Å². The monoisotopic (exact) mass is 445 g/mol. The Morgan fingerprint density at radius 2 is 2.06 bits per heavy atom. The van der Waals surface area contributed by atoms with Crippen LogP contribution in [0, 0.1) is 5.92 Å². The van der Waals surface area contributed by atoms with Gasteiger partial charge in [0.15, 0.2) is 0 Å². The number of carbonyl (C=O) groups excluding carboxylic acids is 1. The quantitative estimate of drug-likeness (QED) is 0.531. The van der Waals surface area contributed by atoms with Crippen LogP contribution >= 0.6 is 0 Å². The first-order chi connectivity index (χ1) is 15.8. The SMILES string of the molecule is C=c1[nH]nc/c1=C(/C(C)=C\C)n1c(N)c(C(N)=O)c2cnc(C3CC3)c(CC3CN(C)C3)c21. The van der Waals surface area contributed by atoms with Gasteiger partial charge < -0.3 is 16.4 Å². The highest BCUT2D eigenvalue weighted by Gasteiger charge is 2.34. The van der Waals surface area contributed by atoms with E-state index in [1.807, 2.05) is 24.5 Å². The van der Waals surface area contributed by atoms with Gasteiger partial charge in [-0.2, -0.15) is 5.10 Å². The van der Waals surface area contributed by atoms with Crippen LogP contribution in [0.2, 0.25) is 0 Å². The van der Waals surface area contributed by atoms with E-state index in [0.29, 0.717) is 34.0 Å². The number of nitrogens with zero attached hydrogens (tertiary/aromatic N) is 4. The van der Waals surface area contributed by atoms with Crippen molar-refractivity contribution in [3.63, 3.8) is 0 Å². The molecule has 0 spiro atoms. The van der Waals surface area contributed by atoms with Gasteiger partial charge in [0.05, 0.1) is 28.3 Å². The van der Waals surface area contributed by atoms with Crippen LogP contribution in [0.4, 0.5) is 5.82 Å². The topological polar surface area (TPSA) is 119 Å². The van der Waals surface area contributed by atoms with E-state index < -0.39 is 5.91 Å². The van der Waals surface area contributed by atoms with Gasteiger partial charge >= 0.3 is 0 Å². The van der Waals surface area contributed by atoms with Gasteiger partial charge in [-0.1, -0.05) is 12.7 Å². The summed E-state index contributed by atoms with van der Waals surface area (Å²) in [5.41, 5.74) is 18.0. The van der Waals surface area contributed by atoms with Gasteiger partial charge in [0.1, 0.15) is 5.82 Å². The maximum Gasteiger partial charge on any atom is 0.253 e. The molecule has 172 valence electrons. The fourth-order valence-corrected chi connectivity index (χ4v) is 5.18.